The number of amides is 1. The Morgan fingerprint density at radius 3 is 2.86 bits per heavy atom. The minimum absolute atomic E-state index is 0.102. The van der Waals surface area contributed by atoms with Gasteiger partial charge in [0.2, 0.25) is 0 Å². The number of benzene rings is 1. The summed E-state index contributed by atoms with van der Waals surface area (Å²) in [7, 11) is 0. The number of anilines is 1. The van der Waals surface area contributed by atoms with E-state index in [4.69, 9.17) is 9.78 Å². The summed E-state index contributed by atoms with van der Waals surface area (Å²) in [5.74, 6) is 0.311. The van der Waals surface area contributed by atoms with Crippen molar-refractivity contribution in [3.63, 3.8) is 0 Å². The molecule has 4 rings (SSSR count). The summed E-state index contributed by atoms with van der Waals surface area (Å²) in [4.78, 5) is 20.7. The maximum atomic E-state index is 12.9. The van der Waals surface area contributed by atoms with Gasteiger partial charge in [0, 0.05) is 29.2 Å². The van der Waals surface area contributed by atoms with E-state index in [2.05, 4.69) is 31.8 Å². The number of aromatic amines is 1. The number of pyridine rings is 1. The van der Waals surface area contributed by atoms with E-state index in [1.807, 2.05) is 26.8 Å². The van der Waals surface area contributed by atoms with E-state index >= 15 is 0 Å². The molecule has 0 bridgehead atoms. The predicted octanol–water partition coefficient (Wildman–Crippen LogP) is 3.63. The lowest BCUT2D eigenvalue weighted by atomic mass is 10.1. The summed E-state index contributed by atoms with van der Waals surface area (Å²) in [6.45, 7) is 6.06. The first kappa shape index (κ1) is 18.5. The van der Waals surface area contributed by atoms with Crippen LogP contribution in [0.2, 0.25) is 0 Å². The van der Waals surface area contributed by atoms with Crippen molar-refractivity contribution >= 4 is 33.5 Å². The van der Waals surface area contributed by atoms with E-state index in [0.29, 0.717) is 22.6 Å². The number of fused-ring (bicyclic) bond motifs is 3. The van der Waals surface area contributed by atoms with Crippen LogP contribution < -0.4 is 10.6 Å². The minimum Gasteiger partial charge on any atom is -0.380 e. The SMILES string of the molecule is Cc1cc(CNC(=O)c2cnc3c([nH]c4cc(C#N)ccc43)c2NC(C)C)on1. The average Bonchev–Trinajstić information content (AvgIpc) is 3.28. The number of nitriles is 1. The minimum atomic E-state index is -0.270. The molecule has 0 saturated carbocycles. The molecular weight excluding hydrogens is 368 g/mol. The second-order valence-electron chi connectivity index (χ2n) is 7.18. The highest BCUT2D eigenvalue weighted by Gasteiger charge is 2.19. The second kappa shape index (κ2) is 7.28. The van der Waals surface area contributed by atoms with Crippen LogP contribution in [0.5, 0.6) is 0 Å². The molecule has 3 aromatic heterocycles. The Balaban J connectivity index is 1.77. The molecule has 3 N–H and O–H groups in total. The molecule has 8 heteroatoms. The molecule has 0 spiro atoms. The molecule has 1 amide bonds. The van der Waals surface area contributed by atoms with Gasteiger partial charge in [0.25, 0.3) is 5.91 Å². The third-order valence-electron chi connectivity index (χ3n) is 4.52. The molecule has 0 aliphatic carbocycles. The molecule has 4 aromatic rings. The van der Waals surface area contributed by atoms with Crippen molar-refractivity contribution in [2.45, 2.75) is 33.4 Å². The number of H-pyrrole nitrogens is 1. The van der Waals surface area contributed by atoms with E-state index in [9.17, 15) is 4.79 Å². The van der Waals surface area contributed by atoms with Gasteiger partial charge in [-0.15, -0.1) is 0 Å². The van der Waals surface area contributed by atoms with Gasteiger partial charge < -0.3 is 20.1 Å². The van der Waals surface area contributed by atoms with Crippen LogP contribution >= 0.6 is 0 Å². The van der Waals surface area contributed by atoms with Crippen LogP contribution in [-0.2, 0) is 6.54 Å². The summed E-state index contributed by atoms with van der Waals surface area (Å²) >= 11 is 0. The fourth-order valence-electron chi connectivity index (χ4n) is 3.27. The molecule has 0 fully saturated rings. The van der Waals surface area contributed by atoms with Gasteiger partial charge in [-0.05, 0) is 39.0 Å². The van der Waals surface area contributed by atoms with Crippen molar-refractivity contribution < 1.29 is 9.32 Å². The lowest BCUT2D eigenvalue weighted by molar-refractivity contribution is 0.0947. The number of nitrogens with zero attached hydrogens (tertiary/aromatic N) is 3. The summed E-state index contributed by atoms with van der Waals surface area (Å²) in [5, 5.41) is 20.1. The third-order valence-corrected chi connectivity index (χ3v) is 4.52. The second-order valence-corrected chi connectivity index (χ2v) is 7.18. The zero-order valence-corrected chi connectivity index (χ0v) is 16.3. The van der Waals surface area contributed by atoms with Gasteiger partial charge in [-0.2, -0.15) is 5.26 Å². The molecule has 146 valence electrons. The molecule has 8 nitrogen and oxygen atoms in total. The summed E-state index contributed by atoms with van der Waals surface area (Å²) < 4.78 is 5.15. The highest BCUT2D eigenvalue weighted by Crippen LogP contribution is 2.32. The quantitative estimate of drug-likeness (QED) is 0.480. The molecule has 0 unspecified atom stereocenters. The van der Waals surface area contributed by atoms with Crippen LogP contribution in [0, 0.1) is 18.3 Å². The molecule has 0 atom stereocenters. The number of nitrogens with one attached hydrogen (secondary N) is 3. The Morgan fingerprint density at radius 2 is 2.17 bits per heavy atom. The third kappa shape index (κ3) is 3.50. The molecule has 0 radical (unpaired) electrons. The molecule has 0 aliphatic heterocycles. The van der Waals surface area contributed by atoms with Crippen molar-refractivity contribution in [1.82, 2.24) is 20.4 Å². The summed E-state index contributed by atoms with van der Waals surface area (Å²) in [6.07, 6.45) is 1.57. The summed E-state index contributed by atoms with van der Waals surface area (Å²) in [6, 6.07) is 9.42. The van der Waals surface area contributed by atoms with Crippen molar-refractivity contribution in [2.24, 2.45) is 0 Å². The fourth-order valence-corrected chi connectivity index (χ4v) is 3.27. The average molecular weight is 388 g/mol. The predicted molar refractivity (Wildman–Crippen MR) is 109 cm³/mol. The summed E-state index contributed by atoms with van der Waals surface area (Å²) in [5.41, 5.74) is 4.69. The number of aryl methyl sites for hydroxylation is 1. The lowest BCUT2D eigenvalue weighted by Crippen LogP contribution is -2.25. The van der Waals surface area contributed by atoms with Crippen LogP contribution in [0.15, 0.2) is 35.0 Å². The fraction of sp³-hybridized carbons (Fsp3) is 0.238. The van der Waals surface area contributed by atoms with E-state index < -0.39 is 0 Å². The Bertz CT molecular complexity index is 1260. The van der Waals surface area contributed by atoms with E-state index in [1.54, 1.807) is 24.4 Å². The lowest BCUT2D eigenvalue weighted by Gasteiger charge is -2.15. The number of hydrogen-bond acceptors (Lipinski definition) is 6. The Kier molecular flexibility index (Phi) is 4.64. The molecule has 0 saturated heterocycles. The van der Waals surface area contributed by atoms with Crippen molar-refractivity contribution in [2.75, 3.05) is 5.32 Å². The van der Waals surface area contributed by atoms with Gasteiger partial charge in [0.15, 0.2) is 5.76 Å². The zero-order valence-electron chi connectivity index (χ0n) is 16.3. The normalized spacial score (nSPS) is 11.1. The number of carbonyl (C=O) groups excluding carboxylic acids is 1. The van der Waals surface area contributed by atoms with Gasteiger partial charge in [-0.3, -0.25) is 9.78 Å². The number of aromatic nitrogens is 3. The van der Waals surface area contributed by atoms with Gasteiger partial charge in [-0.25, -0.2) is 0 Å². The van der Waals surface area contributed by atoms with E-state index in [-0.39, 0.29) is 18.5 Å². The highest BCUT2D eigenvalue weighted by molar-refractivity contribution is 6.13. The van der Waals surface area contributed by atoms with Gasteiger partial charge >= 0.3 is 0 Å². The Hall–Kier alpha value is -3.86. The monoisotopic (exact) mass is 388 g/mol. The van der Waals surface area contributed by atoms with Crippen molar-refractivity contribution in [3.05, 3.63) is 53.0 Å². The molecule has 1 aromatic carbocycles. The molecular formula is C21H20N6O2. The van der Waals surface area contributed by atoms with Crippen LogP contribution in [0.25, 0.3) is 21.9 Å². The maximum Gasteiger partial charge on any atom is 0.255 e. The molecule has 3 heterocycles. The van der Waals surface area contributed by atoms with Crippen LogP contribution in [0.3, 0.4) is 0 Å². The Labute approximate surface area is 166 Å². The largest absolute Gasteiger partial charge is 0.380 e. The smallest absolute Gasteiger partial charge is 0.255 e. The first-order valence-electron chi connectivity index (χ1n) is 9.27. The number of hydrogen-bond donors (Lipinski definition) is 3. The highest BCUT2D eigenvalue weighted by atomic mass is 16.5. The van der Waals surface area contributed by atoms with E-state index in [1.165, 1.54) is 0 Å². The van der Waals surface area contributed by atoms with Gasteiger partial charge in [0.1, 0.15) is 0 Å². The molecule has 0 aliphatic rings. The first-order valence-corrected chi connectivity index (χ1v) is 9.27. The van der Waals surface area contributed by atoms with Crippen molar-refractivity contribution in [3.8, 4) is 6.07 Å². The number of carbonyl (C=O) groups is 1. The van der Waals surface area contributed by atoms with Crippen molar-refractivity contribution in [1.29, 1.82) is 5.26 Å². The molecule has 29 heavy (non-hydrogen) atoms. The standard InChI is InChI=1S/C21H20N6O2/c1-11(2)25-19-16(21(28)24-9-14-6-12(3)27-29-14)10-23-18-15-5-4-13(8-22)7-17(15)26-20(18)19/h4-7,10-11,26H,9H2,1-3H3,(H,23,25)(H,24,28). The van der Waals surface area contributed by atoms with Gasteiger partial charge in [-0.1, -0.05) is 5.16 Å². The van der Waals surface area contributed by atoms with Crippen LogP contribution in [0.1, 0.15) is 41.2 Å². The van der Waals surface area contributed by atoms with Gasteiger partial charge in [0.05, 0.1) is 46.2 Å². The van der Waals surface area contributed by atoms with Crippen LogP contribution in [-0.4, -0.2) is 27.1 Å². The number of rotatable bonds is 5. The first-order chi connectivity index (χ1) is 14.0. The topological polar surface area (TPSA) is 120 Å². The van der Waals surface area contributed by atoms with E-state index in [0.717, 1.165) is 27.6 Å². The Morgan fingerprint density at radius 1 is 1.34 bits per heavy atom. The maximum absolute atomic E-state index is 12.9. The van der Waals surface area contributed by atoms with Crippen LogP contribution in [0.4, 0.5) is 5.69 Å². The zero-order chi connectivity index (χ0) is 20.5.